The lowest BCUT2D eigenvalue weighted by atomic mass is 9.96. The van der Waals surface area contributed by atoms with Crippen molar-refractivity contribution in [1.29, 1.82) is 0 Å². The fourth-order valence-corrected chi connectivity index (χ4v) is 5.44. The number of carboxylic acid groups (broad SMARTS) is 1. The van der Waals surface area contributed by atoms with Crippen LogP contribution in [0.4, 0.5) is 13.2 Å². The molecule has 1 saturated heterocycles. The van der Waals surface area contributed by atoms with Crippen LogP contribution in [0, 0.1) is 6.92 Å². The molecular formula is C23H25F3N4O6S. The van der Waals surface area contributed by atoms with Crippen LogP contribution < -0.4 is 0 Å². The van der Waals surface area contributed by atoms with E-state index in [4.69, 9.17) is 14.7 Å². The first-order chi connectivity index (χ1) is 17.2. The lowest BCUT2D eigenvalue weighted by molar-refractivity contribution is -0.192. The summed E-state index contributed by atoms with van der Waals surface area (Å²) in [4.78, 5) is 33.4. The number of pyridine rings is 1. The second-order valence-electron chi connectivity index (χ2n) is 8.68. The summed E-state index contributed by atoms with van der Waals surface area (Å²) in [5.41, 5.74) is 1.18. The Morgan fingerprint density at radius 1 is 1.22 bits per heavy atom. The Kier molecular flexibility index (Phi) is 8.22. The highest BCUT2D eigenvalue weighted by Crippen LogP contribution is 2.36. The van der Waals surface area contributed by atoms with E-state index < -0.39 is 27.8 Å². The maximum atomic E-state index is 13.0. The highest BCUT2D eigenvalue weighted by Gasteiger charge is 2.50. The van der Waals surface area contributed by atoms with Gasteiger partial charge in [-0.05, 0) is 36.8 Å². The third kappa shape index (κ3) is 6.83. The van der Waals surface area contributed by atoms with Gasteiger partial charge in [0, 0.05) is 32.6 Å². The summed E-state index contributed by atoms with van der Waals surface area (Å²) in [6.07, 6.45) is -2.62. The van der Waals surface area contributed by atoms with Gasteiger partial charge in [0.2, 0.25) is 10.0 Å². The van der Waals surface area contributed by atoms with E-state index in [-0.39, 0.29) is 23.8 Å². The van der Waals surface area contributed by atoms with Crippen molar-refractivity contribution in [2.45, 2.75) is 43.0 Å². The molecule has 1 atom stereocenters. The van der Waals surface area contributed by atoms with Gasteiger partial charge < -0.3 is 14.8 Å². The molecule has 14 heteroatoms. The summed E-state index contributed by atoms with van der Waals surface area (Å²) in [5, 5.41) is 11.1. The maximum absolute atomic E-state index is 13.0. The third-order valence-electron chi connectivity index (χ3n) is 5.71. The van der Waals surface area contributed by atoms with Gasteiger partial charge in [0.1, 0.15) is 5.71 Å². The number of hydrogen-bond acceptors (Lipinski definition) is 7. The maximum Gasteiger partial charge on any atom is 0.490 e. The van der Waals surface area contributed by atoms with Gasteiger partial charge in [0.15, 0.2) is 5.60 Å². The molecule has 1 N–H and O–H groups in total. The van der Waals surface area contributed by atoms with Gasteiger partial charge in [-0.15, -0.1) is 0 Å². The molecule has 1 amide bonds. The zero-order valence-corrected chi connectivity index (χ0v) is 20.8. The normalized spacial score (nSPS) is 19.5. The Hall–Kier alpha value is -3.52. The van der Waals surface area contributed by atoms with Crippen LogP contribution in [-0.2, 0) is 31.0 Å². The van der Waals surface area contributed by atoms with Gasteiger partial charge in [0.05, 0.1) is 23.7 Å². The predicted octanol–water partition coefficient (Wildman–Crippen LogP) is 2.59. The summed E-state index contributed by atoms with van der Waals surface area (Å²) >= 11 is 0. The van der Waals surface area contributed by atoms with Crippen molar-refractivity contribution >= 4 is 27.6 Å². The average molecular weight is 543 g/mol. The topological polar surface area (TPSA) is 129 Å². The molecule has 2 aliphatic heterocycles. The molecular weight excluding hydrogens is 517 g/mol. The quantitative estimate of drug-likeness (QED) is 0.615. The molecule has 4 rings (SSSR count). The highest BCUT2D eigenvalue weighted by molar-refractivity contribution is 7.89. The number of benzene rings is 1. The molecule has 1 aromatic carbocycles. The van der Waals surface area contributed by atoms with Crippen LogP contribution in [0.5, 0.6) is 0 Å². The van der Waals surface area contributed by atoms with Crippen LogP contribution >= 0.6 is 0 Å². The highest BCUT2D eigenvalue weighted by atomic mass is 32.2. The molecule has 2 aliphatic rings. The number of aromatic nitrogens is 1. The Morgan fingerprint density at radius 2 is 1.92 bits per heavy atom. The largest absolute Gasteiger partial charge is 0.490 e. The molecule has 0 radical (unpaired) electrons. The standard InChI is InChI=1S/C21H24N4O4S.C2HF3O2/c1-16-6-5-8-18(12-16)30(27,28)25-11-9-21(15-25)13-19(23-29-21)20(26)24(2)14-17-7-3-4-10-22-17;3-2(4,5)1(6)7/h3-8,10,12H,9,11,13-15H2,1-2H3;(H,6,7). The molecule has 2 aromatic rings. The number of carbonyl (C=O) groups excluding carboxylic acids is 1. The lowest BCUT2D eigenvalue weighted by Crippen LogP contribution is -2.39. The molecule has 1 spiro atoms. The van der Waals surface area contributed by atoms with Gasteiger partial charge in [-0.3, -0.25) is 9.78 Å². The molecule has 37 heavy (non-hydrogen) atoms. The van der Waals surface area contributed by atoms with Gasteiger partial charge in [-0.1, -0.05) is 23.4 Å². The monoisotopic (exact) mass is 542 g/mol. The first-order valence-electron chi connectivity index (χ1n) is 11.0. The van der Waals surface area contributed by atoms with Crippen LogP contribution in [0.25, 0.3) is 0 Å². The SMILES string of the molecule is Cc1cccc(S(=O)(=O)N2CCC3(CC(C(=O)N(C)Cc4ccccn4)=NO3)C2)c1.O=C(O)C(F)(F)F. The third-order valence-corrected chi connectivity index (χ3v) is 7.55. The van der Waals surface area contributed by atoms with E-state index in [0.29, 0.717) is 25.2 Å². The number of nitrogens with zero attached hydrogens (tertiary/aromatic N) is 4. The van der Waals surface area contributed by atoms with Crippen LogP contribution in [-0.4, -0.2) is 77.2 Å². The summed E-state index contributed by atoms with van der Waals surface area (Å²) in [6.45, 7) is 2.72. The first kappa shape index (κ1) is 28.1. The predicted molar refractivity (Wildman–Crippen MR) is 125 cm³/mol. The molecule has 3 heterocycles. The van der Waals surface area contributed by atoms with E-state index in [2.05, 4.69) is 10.1 Å². The fourth-order valence-electron chi connectivity index (χ4n) is 3.82. The summed E-state index contributed by atoms with van der Waals surface area (Å²) < 4.78 is 59.2. The minimum Gasteiger partial charge on any atom is -0.475 e. The number of aliphatic carboxylic acids is 1. The molecule has 0 bridgehead atoms. The number of rotatable bonds is 5. The van der Waals surface area contributed by atoms with Crippen LogP contribution in [0.15, 0.2) is 58.7 Å². The van der Waals surface area contributed by atoms with Crippen molar-refractivity contribution in [3.8, 4) is 0 Å². The molecule has 10 nitrogen and oxygen atoms in total. The van der Waals surface area contributed by atoms with Crippen LogP contribution in [0.2, 0.25) is 0 Å². The van der Waals surface area contributed by atoms with Crippen molar-refractivity contribution in [3.63, 3.8) is 0 Å². The zero-order valence-electron chi connectivity index (χ0n) is 20.0. The number of alkyl halides is 3. The van der Waals surface area contributed by atoms with E-state index >= 15 is 0 Å². The van der Waals surface area contributed by atoms with Gasteiger partial charge in [-0.2, -0.15) is 17.5 Å². The molecule has 0 saturated carbocycles. The molecule has 0 aliphatic carbocycles. The smallest absolute Gasteiger partial charge is 0.475 e. The van der Waals surface area contributed by atoms with Crippen molar-refractivity contribution in [2.24, 2.45) is 5.16 Å². The Labute approximate surface area is 211 Å². The van der Waals surface area contributed by atoms with E-state index in [0.717, 1.165) is 11.3 Å². The second-order valence-corrected chi connectivity index (χ2v) is 10.6. The minimum absolute atomic E-state index is 0.174. The second kappa shape index (κ2) is 10.8. The van der Waals surface area contributed by atoms with Crippen LogP contribution in [0.3, 0.4) is 0 Å². The molecule has 1 unspecified atom stereocenters. The van der Waals surface area contributed by atoms with Gasteiger partial charge >= 0.3 is 12.1 Å². The van der Waals surface area contributed by atoms with Gasteiger partial charge in [-0.25, -0.2) is 13.2 Å². The van der Waals surface area contributed by atoms with Crippen molar-refractivity contribution in [1.82, 2.24) is 14.2 Å². The molecule has 200 valence electrons. The molecule has 1 aromatic heterocycles. The van der Waals surface area contributed by atoms with E-state index in [9.17, 15) is 26.4 Å². The summed E-state index contributed by atoms with van der Waals surface area (Å²) in [5.74, 6) is -3.00. The van der Waals surface area contributed by atoms with Gasteiger partial charge in [0.25, 0.3) is 5.91 Å². The zero-order chi connectivity index (χ0) is 27.4. The fraction of sp³-hybridized carbons (Fsp3) is 0.391. The Morgan fingerprint density at radius 3 is 2.51 bits per heavy atom. The van der Waals surface area contributed by atoms with E-state index in [1.165, 1.54) is 4.31 Å². The number of carboxylic acids is 1. The number of halogens is 3. The molecule has 1 fully saturated rings. The number of sulfonamides is 1. The minimum atomic E-state index is -5.08. The number of oxime groups is 1. The summed E-state index contributed by atoms with van der Waals surface area (Å²) in [7, 11) is -1.93. The van der Waals surface area contributed by atoms with E-state index in [1.807, 2.05) is 31.2 Å². The summed E-state index contributed by atoms with van der Waals surface area (Å²) in [6, 6.07) is 12.4. The number of carbonyl (C=O) groups is 2. The number of amides is 1. The van der Waals surface area contributed by atoms with Crippen molar-refractivity contribution in [2.75, 3.05) is 20.1 Å². The van der Waals surface area contributed by atoms with Crippen molar-refractivity contribution < 1.29 is 41.1 Å². The first-order valence-corrected chi connectivity index (χ1v) is 12.4. The number of hydrogen-bond donors (Lipinski definition) is 1. The Balaban J connectivity index is 0.000000479. The van der Waals surface area contributed by atoms with E-state index in [1.54, 1.807) is 36.3 Å². The average Bonchev–Trinajstić information content (AvgIpc) is 3.46. The van der Waals surface area contributed by atoms with Crippen LogP contribution in [0.1, 0.15) is 24.1 Å². The van der Waals surface area contributed by atoms with Crippen molar-refractivity contribution in [3.05, 3.63) is 59.9 Å². The lowest BCUT2D eigenvalue weighted by Gasteiger charge is -2.22. The number of aryl methyl sites for hydroxylation is 1. The Bertz CT molecular complexity index is 1290.